The van der Waals surface area contributed by atoms with E-state index in [0.717, 1.165) is 18.8 Å². The van der Waals surface area contributed by atoms with Crippen LogP contribution in [0.1, 0.15) is 64.2 Å². The Kier molecular flexibility index (Phi) is 7.43. The van der Waals surface area contributed by atoms with E-state index in [0.29, 0.717) is 12.8 Å². The molecule has 1 amide bonds. The highest BCUT2D eigenvalue weighted by molar-refractivity contribution is 5.69. The third kappa shape index (κ3) is 6.97. The number of carbonyl (C=O) groups is 2. The largest absolute Gasteiger partial charge is 0.341 e. The summed E-state index contributed by atoms with van der Waals surface area (Å²) in [5, 5.41) is 0. The summed E-state index contributed by atoms with van der Waals surface area (Å²) in [6.45, 7) is 0. The van der Waals surface area contributed by atoms with E-state index in [1.54, 1.807) is 0 Å². The molecule has 1 N–H and O–H groups in total. The zero-order chi connectivity index (χ0) is 12.3. The first-order valence-electron chi connectivity index (χ1n) is 6.72. The van der Waals surface area contributed by atoms with Gasteiger partial charge in [-0.05, 0) is 12.3 Å². The molecule has 1 fully saturated rings. The average molecular weight is 241 g/mol. The van der Waals surface area contributed by atoms with Gasteiger partial charge in [-0.25, -0.2) is 4.79 Å². The Morgan fingerprint density at radius 1 is 1.18 bits per heavy atom. The quantitative estimate of drug-likeness (QED) is 0.404. The third-order valence-electron chi connectivity index (χ3n) is 3.44. The van der Waals surface area contributed by atoms with Crippen molar-refractivity contribution in [2.24, 2.45) is 5.92 Å². The average Bonchev–Trinajstić information content (AvgIpc) is 2.37. The predicted molar refractivity (Wildman–Crippen MR) is 65.0 cm³/mol. The Balaban J connectivity index is 1.89. The maximum atomic E-state index is 11.0. The van der Waals surface area contributed by atoms with Crippen LogP contribution in [0.5, 0.6) is 0 Å². The van der Waals surface area contributed by atoms with E-state index in [1.165, 1.54) is 44.9 Å². The first-order chi connectivity index (χ1) is 8.33. The predicted octanol–water partition coefficient (Wildman–Crippen LogP) is 2.72. The zero-order valence-electron chi connectivity index (χ0n) is 10.5. The van der Waals surface area contributed by atoms with Crippen molar-refractivity contribution in [3.05, 3.63) is 0 Å². The Morgan fingerprint density at radius 2 is 1.94 bits per heavy atom. The van der Waals surface area contributed by atoms with Crippen molar-refractivity contribution < 1.29 is 14.4 Å². The molecule has 1 aliphatic rings. The Labute approximate surface area is 103 Å². The summed E-state index contributed by atoms with van der Waals surface area (Å²) in [6, 6.07) is 0. The van der Waals surface area contributed by atoms with E-state index < -0.39 is 0 Å². The molecular weight excluding hydrogens is 218 g/mol. The van der Waals surface area contributed by atoms with Gasteiger partial charge in [-0.3, -0.25) is 4.79 Å². The minimum absolute atomic E-state index is 0.352. The highest BCUT2D eigenvalue weighted by atomic mass is 16.7. The monoisotopic (exact) mass is 241 g/mol. The van der Waals surface area contributed by atoms with Crippen LogP contribution in [0.2, 0.25) is 0 Å². The number of hydrogen-bond donors (Lipinski definition) is 1. The Morgan fingerprint density at radius 3 is 2.65 bits per heavy atom. The molecule has 0 unspecified atom stereocenters. The molecule has 0 saturated heterocycles. The minimum Gasteiger partial charge on any atom is -0.341 e. The van der Waals surface area contributed by atoms with E-state index >= 15 is 0 Å². The van der Waals surface area contributed by atoms with Gasteiger partial charge in [-0.1, -0.05) is 51.4 Å². The van der Waals surface area contributed by atoms with E-state index in [2.05, 4.69) is 4.84 Å². The van der Waals surface area contributed by atoms with Crippen LogP contribution in [-0.4, -0.2) is 12.4 Å². The smallest absolute Gasteiger partial charge is 0.332 e. The van der Waals surface area contributed by atoms with Crippen molar-refractivity contribution in [3.63, 3.8) is 0 Å². The van der Waals surface area contributed by atoms with Crippen LogP contribution >= 0.6 is 0 Å². The molecule has 98 valence electrons. The lowest BCUT2D eigenvalue weighted by Crippen LogP contribution is -2.17. The second-order valence-electron chi connectivity index (χ2n) is 4.81. The molecule has 4 nitrogen and oxygen atoms in total. The van der Waals surface area contributed by atoms with Crippen LogP contribution in [-0.2, 0) is 14.4 Å². The van der Waals surface area contributed by atoms with Crippen LogP contribution in [0.25, 0.3) is 0 Å². The number of hydrogen-bond acceptors (Lipinski definition) is 3. The molecule has 17 heavy (non-hydrogen) atoms. The van der Waals surface area contributed by atoms with Gasteiger partial charge in [0.25, 0.3) is 0 Å². The molecule has 1 saturated carbocycles. The molecule has 0 heterocycles. The first-order valence-corrected chi connectivity index (χ1v) is 6.72. The molecule has 1 aliphatic carbocycles. The summed E-state index contributed by atoms with van der Waals surface area (Å²) >= 11 is 0. The summed E-state index contributed by atoms with van der Waals surface area (Å²) in [5.74, 6) is 0.571. The summed E-state index contributed by atoms with van der Waals surface area (Å²) < 4.78 is 0. The molecule has 1 rings (SSSR count). The van der Waals surface area contributed by atoms with Crippen LogP contribution in [0, 0.1) is 5.92 Å². The highest BCUT2D eigenvalue weighted by Crippen LogP contribution is 2.27. The molecule has 0 bridgehead atoms. The zero-order valence-corrected chi connectivity index (χ0v) is 10.5. The number of hydroxylamine groups is 1. The number of nitrogens with one attached hydrogen (secondary N) is 1. The molecule has 0 spiro atoms. The lowest BCUT2D eigenvalue weighted by atomic mass is 9.85. The second kappa shape index (κ2) is 9.02. The van der Waals surface area contributed by atoms with Gasteiger partial charge < -0.3 is 4.84 Å². The number of carbonyl (C=O) groups excluding carboxylic acids is 2. The summed E-state index contributed by atoms with van der Waals surface area (Å²) in [6.07, 6.45) is 12.2. The summed E-state index contributed by atoms with van der Waals surface area (Å²) in [5.41, 5.74) is 1.91. The number of rotatable bonds is 8. The van der Waals surface area contributed by atoms with Gasteiger partial charge in [0.2, 0.25) is 6.41 Å². The van der Waals surface area contributed by atoms with Gasteiger partial charge in [-0.15, -0.1) is 0 Å². The lowest BCUT2D eigenvalue weighted by molar-refractivity contribution is -0.154. The third-order valence-corrected chi connectivity index (χ3v) is 3.44. The van der Waals surface area contributed by atoms with Crippen molar-refractivity contribution in [1.82, 2.24) is 5.48 Å². The maximum Gasteiger partial charge on any atom is 0.332 e. The first kappa shape index (κ1) is 14.0. The molecule has 0 aromatic carbocycles. The molecule has 0 aromatic rings. The van der Waals surface area contributed by atoms with E-state index in [1.807, 2.05) is 5.48 Å². The summed E-state index contributed by atoms with van der Waals surface area (Å²) in [4.78, 5) is 25.3. The normalized spacial score (nSPS) is 16.5. The Hall–Kier alpha value is -1.06. The fourth-order valence-corrected chi connectivity index (χ4v) is 2.50. The van der Waals surface area contributed by atoms with Gasteiger partial charge in [0.1, 0.15) is 0 Å². The standard InChI is InChI=1S/C13H23NO3/c15-11-14-17-13(16)10-6-2-5-9-12-7-3-1-4-8-12/h11-12H,1-10H2,(H,14,15). The van der Waals surface area contributed by atoms with Crippen molar-refractivity contribution >= 4 is 12.4 Å². The molecule has 0 aliphatic heterocycles. The van der Waals surface area contributed by atoms with Crippen LogP contribution in [0.15, 0.2) is 0 Å². The molecular formula is C13H23NO3. The van der Waals surface area contributed by atoms with Crippen molar-refractivity contribution in [1.29, 1.82) is 0 Å². The van der Waals surface area contributed by atoms with Gasteiger partial charge in [0, 0.05) is 6.42 Å². The van der Waals surface area contributed by atoms with Crippen LogP contribution in [0.4, 0.5) is 0 Å². The van der Waals surface area contributed by atoms with Crippen molar-refractivity contribution in [2.75, 3.05) is 0 Å². The SMILES string of the molecule is O=CNOC(=O)CCCCCC1CCCCC1. The van der Waals surface area contributed by atoms with Crippen LogP contribution in [0.3, 0.4) is 0 Å². The van der Waals surface area contributed by atoms with E-state index in [-0.39, 0.29) is 5.97 Å². The molecule has 0 radical (unpaired) electrons. The van der Waals surface area contributed by atoms with Crippen LogP contribution < -0.4 is 5.48 Å². The van der Waals surface area contributed by atoms with Gasteiger partial charge >= 0.3 is 5.97 Å². The van der Waals surface area contributed by atoms with E-state index in [9.17, 15) is 9.59 Å². The minimum atomic E-state index is -0.352. The Bertz CT molecular complexity index is 225. The molecule has 4 heteroatoms. The number of amides is 1. The van der Waals surface area contributed by atoms with Gasteiger partial charge in [0.05, 0.1) is 0 Å². The fraction of sp³-hybridized carbons (Fsp3) is 0.846. The maximum absolute atomic E-state index is 11.0. The number of unbranched alkanes of at least 4 members (excludes halogenated alkanes) is 2. The fourth-order valence-electron chi connectivity index (χ4n) is 2.50. The highest BCUT2D eigenvalue weighted by Gasteiger charge is 2.12. The van der Waals surface area contributed by atoms with Gasteiger partial charge in [-0.2, -0.15) is 5.48 Å². The molecule has 0 aromatic heterocycles. The second-order valence-corrected chi connectivity index (χ2v) is 4.81. The summed E-state index contributed by atoms with van der Waals surface area (Å²) in [7, 11) is 0. The van der Waals surface area contributed by atoms with Crippen molar-refractivity contribution in [2.45, 2.75) is 64.2 Å². The van der Waals surface area contributed by atoms with E-state index in [4.69, 9.17) is 0 Å². The van der Waals surface area contributed by atoms with Gasteiger partial charge in [0.15, 0.2) is 0 Å². The lowest BCUT2D eigenvalue weighted by Gasteiger charge is -2.21. The molecule has 0 atom stereocenters. The van der Waals surface area contributed by atoms with Crippen molar-refractivity contribution in [3.8, 4) is 0 Å². The topological polar surface area (TPSA) is 55.4 Å².